The van der Waals surface area contributed by atoms with Crippen LogP contribution in [0.25, 0.3) is 5.57 Å². The summed E-state index contributed by atoms with van der Waals surface area (Å²) in [6.45, 7) is 8.62. The topological polar surface area (TPSA) is 17.1 Å². The van der Waals surface area contributed by atoms with Gasteiger partial charge < -0.3 is 0 Å². The number of hydrogen-bond donors (Lipinski definition) is 0. The Bertz CT molecular complexity index is 884. The largest absolute Gasteiger partial charge is 0.294 e. The molecule has 1 aliphatic rings. The molecule has 1 heteroatoms. The summed E-state index contributed by atoms with van der Waals surface area (Å²) >= 11 is 0. The second kappa shape index (κ2) is 10.4. The van der Waals surface area contributed by atoms with Crippen molar-refractivity contribution in [3.63, 3.8) is 0 Å². The molecule has 0 N–H and O–H groups in total. The van der Waals surface area contributed by atoms with Crippen LogP contribution < -0.4 is 0 Å². The maximum absolute atomic E-state index is 13.3. The molecule has 0 amide bonds. The Labute approximate surface area is 177 Å². The van der Waals surface area contributed by atoms with E-state index < -0.39 is 0 Å². The average Bonchev–Trinajstić information content (AvgIpc) is 3.09. The SMILES string of the molecule is C.CCCCC1C=C(c2ccccc2)C=C1CC(=O)c1cc(C)ccc1C(C)C. The van der Waals surface area contributed by atoms with Crippen LogP contribution in [0.1, 0.15) is 86.8 Å². The minimum Gasteiger partial charge on any atom is -0.294 e. The highest BCUT2D eigenvalue weighted by molar-refractivity contribution is 6.00. The van der Waals surface area contributed by atoms with Crippen molar-refractivity contribution in [3.8, 4) is 0 Å². The molecule has 1 atom stereocenters. The molecule has 1 unspecified atom stereocenters. The van der Waals surface area contributed by atoms with Crippen molar-refractivity contribution >= 4 is 11.4 Å². The van der Waals surface area contributed by atoms with Crippen molar-refractivity contribution in [1.82, 2.24) is 0 Å². The fourth-order valence-electron chi connectivity index (χ4n) is 4.06. The Morgan fingerprint density at radius 1 is 1.07 bits per heavy atom. The van der Waals surface area contributed by atoms with Gasteiger partial charge in [0.15, 0.2) is 5.78 Å². The number of unbranched alkanes of at least 4 members (excludes halogenated alkanes) is 1. The van der Waals surface area contributed by atoms with Gasteiger partial charge in [-0.15, -0.1) is 0 Å². The molecule has 0 saturated heterocycles. The molecule has 1 aliphatic carbocycles. The third kappa shape index (κ3) is 5.56. The zero-order valence-electron chi connectivity index (χ0n) is 17.7. The zero-order valence-corrected chi connectivity index (χ0v) is 17.7. The first kappa shape index (κ1) is 22.9. The number of aryl methyl sites for hydroxylation is 1. The lowest BCUT2D eigenvalue weighted by atomic mass is 9.87. The predicted octanol–water partition coefficient (Wildman–Crippen LogP) is 8.16. The molecule has 154 valence electrons. The van der Waals surface area contributed by atoms with E-state index in [1.165, 1.54) is 29.6 Å². The molecule has 2 aromatic carbocycles. The minimum atomic E-state index is 0. The summed E-state index contributed by atoms with van der Waals surface area (Å²) in [5.41, 5.74) is 6.99. The molecular formula is C28H36O. The lowest BCUT2D eigenvalue weighted by Gasteiger charge is -2.16. The van der Waals surface area contributed by atoms with Gasteiger partial charge in [-0.3, -0.25) is 4.79 Å². The van der Waals surface area contributed by atoms with Crippen LogP contribution in [0.2, 0.25) is 0 Å². The number of hydrogen-bond acceptors (Lipinski definition) is 1. The van der Waals surface area contributed by atoms with Gasteiger partial charge >= 0.3 is 0 Å². The maximum Gasteiger partial charge on any atom is 0.167 e. The van der Waals surface area contributed by atoms with Crippen LogP contribution in [0.3, 0.4) is 0 Å². The van der Waals surface area contributed by atoms with Crippen LogP contribution in [-0.2, 0) is 0 Å². The smallest absolute Gasteiger partial charge is 0.167 e. The Kier molecular flexibility index (Phi) is 8.20. The van der Waals surface area contributed by atoms with Crippen LogP contribution >= 0.6 is 0 Å². The molecule has 2 aromatic rings. The highest BCUT2D eigenvalue weighted by Gasteiger charge is 2.23. The Morgan fingerprint density at radius 2 is 1.79 bits per heavy atom. The van der Waals surface area contributed by atoms with Crippen LogP contribution in [0.5, 0.6) is 0 Å². The Balaban J connectivity index is 0.00000300. The van der Waals surface area contributed by atoms with Gasteiger partial charge in [-0.2, -0.15) is 0 Å². The maximum atomic E-state index is 13.3. The molecule has 0 saturated carbocycles. The van der Waals surface area contributed by atoms with Gasteiger partial charge in [-0.05, 0) is 47.9 Å². The summed E-state index contributed by atoms with van der Waals surface area (Å²) < 4.78 is 0. The van der Waals surface area contributed by atoms with Gasteiger partial charge in [0.05, 0.1) is 0 Å². The van der Waals surface area contributed by atoms with Gasteiger partial charge in [0.25, 0.3) is 0 Å². The van der Waals surface area contributed by atoms with Crippen LogP contribution in [0.4, 0.5) is 0 Å². The van der Waals surface area contributed by atoms with Gasteiger partial charge in [0.2, 0.25) is 0 Å². The fourth-order valence-corrected chi connectivity index (χ4v) is 4.06. The number of allylic oxidation sites excluding steroid dienone is 4. The number of Topliss-reactive ketones (excluding diaryl/α,β-unsaturated/α-hetero) is 1. The fraction of sp³-hybridized carbons (Fsp3) is 0.393. The minimum absolute atomic E-state index is 0. The van der Waals surface area contributed by atoms with Crippen LogP contribution in [0.15, 0.2) is 66.3 Å². The molecule has 0 bridgehead atoms. The lowest BCUT2D eigenvalue weighted by molar-refractivity contribution is 0.0989. The average molecular weight is 389 g/mol. The normalized spacial score (nSPS) is 15.7. The standard InChI is InChI=1S/C27H32O.CH4/c1-5-6-10-22-16-23(21-11-8-7-9-12-21)17-24(22)18-27(28)26-15-20(4)13-14-25(26)19(2)3;/h7-9,11-17,19,22H,5-6,10,18H2,1-4H3;1H4. The molecular weight excluding hydrogens is 352 g/mol. The highest BCUT2D eigenvalue weighted by atomic mass is 16.1. The summed E-state index contributed by atoms with van der Waals surface area (Å²) in [7, 11) is 0. The molecule has 29 heavy (non-hydrogen) atoms. The zero-order chi connectivity index (χ0) is 20.1. The van der Waals surface area contributed by atoms with Crippen molar-refractivity contribution in [2.75, 3.05) is 0 Å². The van der Waals surface area contributed by atoms with E-state index in [-0.39, 0.29) is 13.2 Å². The summed E-state index contributed by atoms with van der Waals surface area (Å²) in [4.78, 5) is 13.3. The van der Waals surface area contributed by atoms with E-state index in [4.69, 9.17) is 0 Å². The summed E-state index contributed by atoms with van der Waals surface area (Å²) in [5, 5.41) is 0. The van der Waals surface area contributed by atoms with Crippen molar-refractivity contribution in [2.24, 2.45) is 5.92 Å². The molecule has 0 radical (unpaired) electrons. The quantitative estimate of drug-likeness (QED) is 0.417. The number of ketones is 1. The number of benzene rings is 2. The first-order chi connectivity index (χ1) is 13.5. The van der Waals surface area contributed by atoms with E-state index in [2.05, 4.69) is 82.3 Å². The van der Waals surface area contributed by atoms with Gasteiger partial charge in [-0.25, -0.2) is 0 Å². The number of carbonyl (C=O) groups excluding carboxylic acids is 1. The van der Waals surface area contributed by atoms with Gasteiger partial charge in [0, 0.05) is 12.0 Å². The molecule has 0 fully saturated rings. The molecule has 0 heterocycles. The lowest BCUT2D eigenvalue weighted by Crippen LogP contribution is -2.09. The molecule has 0 aliphatic heterocycles. The van der Waals surface area contributed by atoms with E-state index in [1.807, 2.05) is 6.07 Å². The number of carbonyl (C=O) groups is 1. The first-order valence-electron chi connectivity index (χ1n) is 10.6. The Hall–Kier alpha value is -2.41. The van der Waals surface area contributed by atoms with Crippen molar-refractivity contribution in [1.29, 1.82) is 0 Å². The van der Waals surface area contributed by atoms with Crippen LogP contribution in [-0.4, -0.2) is 5.78 Å². The summed E-state index contributed by atoms with van der Waals surface area (Å²) in [6.07, 6.45) is 8.64. The second-order valence-corrected chi connectivity index (χ2v) is 8.30. The monoisotopic (exact) mass is 388 g/mol. The van der Waals surface area contributed by atoms with Crippen molar-refractivity contribution in [3.05, 3.63) is 88.5 Å². The predicted molar refractivity (Wildman–Crippen MR) is 126 cm³/mol. The second-order valence-electron chi connectivity index (χ2n) is 8.30. The van der Waals surface area contributed by atoms with E-state index in [9.17, 15) is 4.79 Å². The van der Waals surface area contributed by atoms with Crippen LogP contribution in [0, 0.1) is 12.8 Å². The van der Waals surface area contributed by atoms with Crippen molar-refractivity contribution in [2.45, 2.75) is 66.7 Å². The third-order valence-corrected chi connectivity index (χ3v) is 5.67. The first-order valence-corrected chi connectivity index (χ1v) is 10.6. The van der Waals surface area contributed by atoms with Gasteiger partial charge in [0.1, 0.15) is 0 Å². The molecule has 0 aromatic heterocycles. The summed E-state index contributed by atoms with van der Waals surface area (Å²) in [6, 6.07) is 16.8. The van der Waals surface area contributed by atoms with Gasteiger partial charge in [-0.1, -0.05) is 107 Å². The highest BCUT2D eigenvalue weighted by Crippen LogP contribution is 2.36. The van der Waals surface area contributed by atoms with Crippen molar-refractivity contribution < 1.29 is 4.79 Å². The number of rotatable bonds is 8. The van der Waals surface area contributed by atoms with E-state index >= 15 is 0 Å². The third-order valence-electron chi connectivity index (χ3n) is 5.67. The van der Waals surface area contributed by atoms with E-state index in [0.29, 0.717) is 18.3 Å². The molecule has 1 nitrogen and oxygen atoms in total. The Morgan fingerprint density at radius 3 is 2.45 bits per heavy atom. The van der Waals surface area contributed by atoms with E-state index in [0.717, 1.165) is 23.1 Å². The summed E-state index contributed by atoms with van der Waals surface area (Å²) in [5.74, 6) is 0.986. The molecule has 3 rings (SSSR count). The van der Waals surface area contributed by atoms with E-state index in [1.54, 1.807) is 0 Å². The molecule has 0 spiro atoms.